The lowest BCUT2D eigenvalue weighted by atomic mass is 9.58. The highest BCUT2D eigenvalue weighted by molar-refractivity contribution is 5.85. The van der Waals surface area contributed by atoms with Crippen LogP contribution < -0.4 is 11.5 Å². The molecule has 0 radical (unpaired) electrons. The van der Waals surface area contributed by atoms with Crippen molar-refractivity contribution >= 4 is 12.4 Å². The maximum absolute atomic E-state index is 5.80. The third kappa shape index (κ3) is 1.85. The molecule has 3 heteroatoms. The van der Waals surface area contributed by atoms with Gasteiger partial charge in [0.15, 0.2) is 0 Å². The third-order valence-electron chi connectivity index (χ3n) is 4.12. The van der Waals surface area contributed by atoms with Crippen molar-refractivity contribution in [3.63, 3.8) is 0 Å². The summed E-state index contributed by atoms with van der Waals surface area (Å²) < 4.78 is 0. The van der Waals surface area contributed by atoms with Crippen molar-refractivity contribution in [3.05, 3.63) is 0 Å². The Morgan fingerprint density at radius 2 is 1.08 bits per heavy atom. The van der Waals surface area contributed by atoms with E-state index in [0.29, 0.717) is 0 Å². The molecule has 2 nitrogen and oxygen atoms in total. The van der Waals surface area contributed by atoms with Crippen LogP contribution in [-0.2, 0) is 0 Å². The maximum atomic E-state index is 5.80. The number of fused-ring (bicyclic) bond motifs is 3. The largest absolute Gasteiger partial charge is 0.330 e. The maximum Gasteiger partial charge on any atom is -0.00430 e. The molecule has 2 atom stereocenters. The molecule has 0 saturated heterocycles. The summed E-state index contributed by atoms with van der Waals surface area (Å²) >= 11 is 0. The van der Waals surface area contributed by atoms with E-state index in [1.54, 1.807) is 0 Å². The van der Waals surface area contributed by atoms with Crippen molar-refractivity contribution in [2.45, 2.75) is 25.7 Å². The summed E-state index contributed by atoms with van der Waals surface area (Å²) in [6, 6.07) is 0. The molecule has 0 amide bonds. The first kappa shape index (κ1) is 11.3. The predicted octanol–water partition coefficient (Wildman–Crippen LogP) is 1.38. The normalized spacial score (nSPS) is 42.9. The molecule has 78 valence electrons. The van der Waals surface area contributed by atoms with Gasteiger partial charge in [-0.05, 0) is 62.4 Å². The standard InChI is InChI=1S/C10H20N2.ClH/c11-5-9-7-1-2-8(4-3-7)10(9)6-12;/h7-10H,1-6,11-12H2;1H. The van der Waals surface area contributed by atoms with Crippen molar-refractivity contribution in [1.29, 1.82) is 0 Å². The highest BCUT2D eigenvalue weighted by Crippen LogP contribution is 2.47. The van der Waals surface area contributed by atoms with Gasteiger partial charge in [0.25, 0.3) is 0 Å². The molecular weight excluding hydrogens is 184 g/mol. The van der Waals surface area contributed by atoms with E-state index >= 15 is 0 Å². The lowest BCUT2D eigenvalue weighted by Gasteiger charge is -2.48. The molecule has 2 unspecified atom stereocenters. The highest BCUT2D eigenvalue weighted by atomic mass is 35.5. The average Bonchev–Trinajstić information content (AvgIpc) is 2.18. The van der Waals surface area contributed by atoms with Crippen molar-refractivity contribution in [1.82, 2.24) is 0 Å². The fraction of sp³-hybridized carbons (Fsp3) is 1.00. The second-order valence-electron chi connectivity index (χ2n) is 4.47. The first-order chi connectivity index (χ1) is 5.86. The lowest BCUT2D eigenvalue weighted by molar-refractivity contribution is 0.0337. The molecule has 0 aromatic rings. The second kappa shape index (κ2) is 4.63. The minimum atomic E-state index is 0. The first-order valence-electron chi connectivity index (χ1n) is 5.27. The molecule has 13 heavy (non-hydrogen) atoms. The number of hydrogen-bond acceptors (Lipinski definition) is 2. The smallest absolute Gasteiger partial charge is 0.00430 e. The van der Waals surface area contributed by atoms with Crippen LogP contribution in [0.1, 0.15) is 25.7 Å². The minimum Gasteiger partial charge on any atom is -0.330 e. The van der Waals surface area contributed by atoms with Gasteiger partial charge in [-0.2, -0.15) is 0 Å². The Labute approximate surface area is 86.8 Å². The molecule has 3 saturated carbocycles. The number of halogens is 1. The van der Waals surface area contributed by atoms with Gasteiger partial charge in [-0.1, -0.05) is 0 Å². The van der Waals surface area contributed by atoms with E-state index in [1.807, 2.05) is 0 Å². The van der Waals surface area contributed by atoms with Gasteiger partial charge in [-0.15, -0.1) is 12.4 Å². The third-order valence-corrected chi connectivity index (χ3v) is 4.12. The Morgan fingerprint density at radius 1 is 0.769 bits per heavy atom. The Kier molecular flexibility index (Phi) is 4.02. The summed E-state index contributed by atoms with van der Waals surface area (Å²) in [7, 11) is 0. The molecule has 0 aromatic carbocycles. The number of rotatable bonds is 2. The Hall–Kier alpha value is 0.210. The minimum absolute atomic E-state index is 0. The van der Waals surface area contributed by atoms with E-state index in [9.17, 15) is 0 Å². The zero-order chi connectivity index (χ0) is 8.55. The average molecular weight is 205 g/mol. The van der Waals surface area contributed by atoms with Crippen LogP contribution in [0.3, 0.4) is 0 Å². The van der Waals surface area contributed by atoms with Crippen molar-refractivity contribution < 1.29 is 0 Å². The molecule has 4 N–H and O–H groups in total. The summed E-state index contributed by atoms with van der Waals surface area (Å²) in [6.07, 6.45) is 5.68. The van der Waals surface area contributed by atoms with Crippen LogP contribution in [-0.4, -0.2) is 13.1 Å². The van der Waals surface area contributed by atoms with Crippen LogP contribution >= 0.6 is 12.4 Å². The van der Waals surface area contributed by atoms with Crippen molar-refractivity contribution in [2.75, 3.05) is 13.1 Å². The molecule has 3 rings (SSSR count). The summed E-state index contributed by atoms with van der Waals surface area (Å²) in [5.74, 6) is 3.33. The molecule has 3 aliphatic rings. The predicted molar refractivity (Wildman–Crippen MR) is 57.8 cm³/mol. The molecule has 0 aromatic heterocycles. The molecule has 3 fully saturated rings. The van der Waals surface area contributed by atoms with E-state index < -0.39 is 0 Å². The number of nitrogens with two attached hydrogens (primary N) is 2. The van der Waals surface area contributed by atoms with Crippen LogP contribution in [0.2, 0.25) is 0 Å². The Morgan fingerprint density at radius 3 is 1.31 bits per heavy atom. The second-order valence-corrected chi connectivity index (χ2v) is 4.47. The highest BCUT2D eigenvalue weighted by Gasteiger charge is 2.41. The lowest BCUT2D eigenvalue weighted by Crippen LogP contribution is -2.46. The molecule has 3 aliphatic carbocycles. The molecule has 0 aliphatic heterocycles. The zero-order valence-corrected chi connectivity index (χ0v) is 8.93. The van der Waals surface area contributed by atoms with E-state index in [4.69, 9.17) is 11.5 Å². The fourth-order valence-corrected chi connectivity index (χ4v) is 3.43. The first-order valence-corrected chi connectivity index (χ1v) is 5.27. The molecule has 0 heterocycles. The van der Waals surface area contributed by atoms with Crippen LogP contribution in [0, 0.1) is 23.7 Å². The molecule has 0 spiro atoms. The zero-order valence-electron chi connectivity index (χ0n) is 8.11. The molecular formula is C10H21ClN2. The summed E-state index contributed by atoms with van der Waals surface area (Å²) in [5.41, 5.74) is 11.6. The number of hydrogen-bond donors (Lipinski definition) is 2. The SMILES string of the molecule is Cl.NCC1C2CCC(CC2)C1CN. The van der Waals surface area contributed by atoms with Crippen LogP contribution in [0.15, 0.2) is 0 Å². The van der Waals surface area contributed by atoms with Gasteiger partial charge < -0.3 is 11.5 Å². The van der Waals surface area contributed by atoms with E-state index in [-0.39, 0.29) is 12.4 Å². The fourth-order valence-electron chi connectivity index (χ4n) is 3.43. The summed E-state index contributed by atoms with van der Waals surface area (Å²) in [5, 5.41) is 0. The summed E-state index contributed by atoms with van der Waals surface area (Å²) in [6.45, 7) is 1.73. The van der Waals surface area contributed by atoms with Crippen LogP contribution in [0.25, 0.3) is 0 Å². The Balaban J connectivity index is 0.000000845. The van der Waals surface area contributed by atoms with Gasteiger partial charge in [-0.25, -0.2) is 0 Å². The van der Waals surface area contributed by atoms with Gasteiger partial charge in [0.2, 0.25) is 0 Å². The quantitative estimate of drug-likeness (QED) is 0.714. The summed E-state index contributed by atoms with van der Waals surface area (Å²) in [4.78, 5) is 0. The van der Waals surface area contributed by atoms with Gasteiger partial charge in [0.1, 0.15) is 0 Å². The molecule has 2 bridgehead atoms. The van der Waals surface area contributed by atoms with Gasteiger partial charge in [0, 0.05) is 0 Å². The van der Waals surface area contributed by atoms with E-state index in [1.165, 1.54) is 25.7 Å². The topological polar surface area (TPSA) is 52.0 Å². The van der Waals surface area contributed by atoms with Crippen LogP contribution in [0.4, 0.5) is 0 Å². The van der Waals surface area contributed by atoms with Gasteiger partial charge in [0.05, 0.1) is 0 Å². The van der Waals surface area contributed by atoms with E-state index in [2.05, 4.69) is 0 Å². The Bertz CT molecular complexity index is 137. The van der Waals surface area contributed by atoms with Gasteiger partial charge >= 0.3 is 0 Å². The van der Waals surface area contributed by atoms with Crippen molar-refractivity contribution in [3.8, 4) is 0 Å². The van der Waals surface area contributed by atoms with E-state index in [0.717, 1.165) is 36.8 Å². The van der Waals surface area contributed by atoms with Crippen molar-refractivity contribution in [2.24, 2.45) is 35.1 Å². The van der Waals surface area contributed by atoms with Gasteiger partial charge in [-0.3, -0.25) is 0 Å². The monoisotopic (exact) mass is 204 g/mol. The van der Waals surface area contributed by atoms with Crippen LogP contribution in [0.5, 0.6) is 0 Å².